The van der Waals surface area contributed by atoms with E-state index in [1.807, 2.05) is 43.3 Å². The highest BCUT2D eigenvalue weighted by Gasteiger charge is 2.28. The van der Waals surface area contributed by atoms with E-state index in [-0.39, 0.29) is 17.8 Å². The number of aromatic amines is 1. The van der Waals surface area contributed by atoms with Gasteiger partial charge in [0.25, 0.3) is 0 Å². The number of rotatable bonds is 3. The van der Waals surface area contributed by atoms with E-state index >= 15 is 4.39 Å². The number of piperazine rings is 1. The summed E-state index contributed by atoms with van der Waals surface area (Å²) in [6, 6.07) is 14.8. The number of fused-ring (bicyclic) bond motifs is 2. The van der Waals surface area contributed by atoms with Gasteiger partial charge in [-0.2, -0.15) is 5.10 Å². The fourth-order valence-electron chi connectivity index (χ4n) is 4.57. The van der Waals surface area contributed by atoms with Gasteiger partial charge in [-0.3, -0.25) is 9.89 Å². The molecular formula is C25H22ClFN4O. The molecule has 0 aliphatic carbocycles. The molecule has 0 saturated carbocycles. The zero-order chi connectivity index (χ0) is 22.4. The Kier molecular flexibility index (Phi) is 5.10. The van der Waals surface area contributed by atoms with Gasteiger partial charge < -0.3 is 9.80 Å². The average Bonchev–Trinajstić information content (AvgIpc) is 3.20. The van der Waals surface area contributed by atoms with Crippen molar-refractivity contribution in [1.82, 2.24) is 15.1 Å². The van der Waals surface area contributed by atoms with E-state index in [1.54, 1.807) is 11.0 Å². The van der Waals surface area contributed by atoms with Crippen LogP contribution in [-0.2, 0) is 4.79 Å². The summed E-state index contributed by atoms with van der Waals surface area (Å²) in [5.74, 6) is 0.285. The predicted molar refractivity (Wildman–Crippen MR) is 128 cm³/mol. The van der Waals surface area contributed by atoms with Crippen LogP contribution in [0.3, 0.4) is 0 Å². The molecule has 0 bridgehead atoms. The van der Waals surface area contributed by atoms with E-state index in [9.17, 15) is 4.79 Å². The van der Waals surface area contributed by atoms with Crippen LogP contribution in [-0.4, -0.2) is 46.7 Å². The monoisotopic (exact) mass is 448 g/mol. The van der Waals surface area contributed by atoms with Gasteiger partial charge in [0.1, 0.15) is 5.82 Å². The van der Waals surface area contributed by atoms with Crippen molar-refractivity contribution in [2.75, 3.05) is 24.5 Å². The third kappa shape index (κ3) is 3.31. The number of halogens is 2. The molecule has 5 rings (SSSR count). The largest absolute Gasteiger partial charge is 0.348 e. The van der Waals surface area contributed by atoms with Gasteiger partial charge >= 0.3 is 0 Å². The predicted octanol–water partition coefficient (Wildman–Crippen LogP) is 5.40. The van der Waals surface area contributed by atoms with E-state index in [1.165, 1.54) is 12.1 Å². The molecule has 1 N–H and O–H groups in total. The fourth-order valence-corrected chi connectivity index (χ4v) is 4.85. The van der Waals surface area contributed by atoms with Gasteiger partial charge in [-0.1, -0.05) is 48.5 Å². The number of carbonyl (C=O) groups excluding carboxylic acids is 1. The highest BCUT2D eigenvalue weighted by molar-refractivity contribution is 6.36. The molecule has 3 aromatic carbocycles. The molecule has 1 aromatic heterocycles. The number of benzene rings is 3. The molecule has 7 heteroatoms. The maximum absolute atomic E-state index is 15.4. The molecule has 5 nitrogen and oxygen atoms in total. The molecule has 0 radical (unpaired) electrons. The van der Waals surface area contributed by atoms with Gasteiger partial charge in [-0.15, -0.1) is 0 Å². The molecule has 32 heavy (non-hydrogen) atoms. The summed E-state index contributed by atoms with van der Waals surface area (Å²) in [5, 5.41) is 10.6. The Hall–Kier alpha value is -3.38. The molecule has 1 amide bonds. The van der Waals surface area contributed by atoms with Crippen LogP contribution in [0, 0.1) is 5.82 Å². The van der Waals surface area contributed by atoms with Crippen molar-refractivity contribution in [2.24, 2.45) is 0 Å². The van der Waals surface area contributed by atoms with Crippen LogP contribution in [0.25, 0.3) is 32.8 Å². The van der Waals surface area contributed by atoms with E-state index in [0.717, 1.165) is 21.9 Å². The normalized spacial score (nSPS) is 16.7. The molecule has 2 heterocycles. The second-order valence-electron chi connectivity index (χ2n) is 8.10. The minimum Gasteiger partial charge on any atom is -0.348 e. The number of anilines is 1. The summed E-state index contributed by atoms with van der Waals surface area (Å²) in [6.07, 6.45) is 1.34. The summed E-state index contributed by atoms with van der Waals surface area (Å²) in [5.41, 5.74) is 1.96. The summed E-state index contributed by atoms with van der Waals surface area (Å²) in [4.78, 5) is 15.8. The third-order valence-electron chi connectivity index (χ3n) is 6.16. The molecule has 162 valence electrons. The molecule has 1 saturated heterocycles. The number of amides is 1. The molecule has 1 aliphatic rings. The Labute approximate surface area is 190 Å². The number of nitrogens with one attached hydrogen (secondary N) is 1. The number of nitrogens with zero attached hydrogens (tertiary/aromatic N) is 3. The second-order valence-corrected chi connectivity index (χ2v) is 8.51. The number of hydrogen-bond donors (Lipinski definition) is 1. The summed E-state index contributed by atoms with van der Waals surface area (Å²) >= 11 is 6.47. The summed E-state index contributed by atoms with van der Waals surface area (Å²) < 4.78 is 15.4. The van der Waals surface area contributed by atoms with Crippen molar-refractivity contribution in [3.63, 3.8) is 0 Å². The fraction of sp³-hybridized carbons (Fsp3) is 0.200. The van der Waals surface area contributed by atoms with Gasteiger partial charge in [0.05, 0.1) is 5.52 Å². The topological polar surface area (TPSA) is 52.2 Å². The molecule has 4 aromatic rings. The Balaban J connectivity index is 1.56. The zero-order valence-corrected chi connectivity index (χ0v) is 18.4. The van der Waals surface area contributed by atoms with Gasteiger partial charge in [-0.05, 0) is 42.1 Å². The van der Waals surface area contributed by atoms with Crippen LogP contribution in [0.15, 0.2) is 61.2 Å². The lowest BCUT2D eigenvalue weighted by atomic mass is 9.97. The molecule has 1 fully saturated rings. The summed E-state index contributed by atoms with van der Waals surface area (Å²) in [6.45, 7) is 7.35. The van der Waals surface area contributed by atoms with Crippen molar-refractivity contribution < 1.29 is 9.18 Å². The molecular weight excluding hydrogens is 427 g/mol. The smallest absolute Gasteiger partial charge is 0.246 e. The highest BCUT2D eigenvalue weighted by Crippen LogP contribution is 2.38. The number of aromatic nitrogens is 2. The Morgan fingerprint density at radius 3 is 2.75 bits per heavy atom. The average molecular weight is 449 g/mol. The standard InChI is InChI=1S/C25H22ClFN4O/c1-3-23(32)30-10-11-31(15(2)14-30)25-19-12-21(27)18(13-22(19)28-29-25)17-8-4-6-16-7-5-9-20(26)24(16)17/h3-9,12-13,15H,1,10-11,14H2,2H3,(H,28,29)/t15-/m0/s1. The van der Waals surface area contributed by atoms with Crippen LogP contribution >= 0.6 is 11.6 Å². The minimum atomic E-state index is -0.333. The van der Waals surface area contributed by atoms with Gasteiger partial charge in [0, 0.05) is 47.0 Å². The van der Waals surface area contributed by atoms with Crippen LogP contribution in [0.1, 0.15) is 6.92 Å². The molecule has 1 atom stereocenters. The Morgan fingerprint density at radius 1 is 1.22 bits per heavy atom. The van der Waals surface area contributed by atoms with E-state index < -0.39 is 0 Å². The van der Waals surface area contributed by atoms with Crippen LogP contribution in [0.2, 0.25) is 5.02 Å². The first-order valence-corrected chi connectivity index (χ1v) is 10.9. The first-order valence-electron chi connectivity index (χ1n) is 10.5. The third-order valence-corrected chi connectivity index (χ3v) is 6.48. The number of carbonyl (C=O) groups is 1. The minimum absolute atomic E-state index is 0.0405. The maximum Gasteiger partial charge on any atom is 0.246 e. The number of hydrogen-bond acceptors (Lipinski definition) is 3. The van der Waals surface area contributed by atoms with Gasteiger partial charge in [-0.25, -0.2) is 4.39 Å². The van der Waals surface area contributed by atoms with E-state index in [2.05, 4.69) is 21.7 Å². The van der Waals surface area contributed by atoms with Gasteiger partial charge in [0.15, 0.2) is 5.82 Å². The highest BCUT2D eigenvalue weighted by atomic mass is 35.5. The molecule has 0 spiro atoms. The Morgan fingerprint density at radius 2 is 2.00 bits per heavy atom. The molecule has 0 unspecified atom stereocenters. The number of H-pyrrole nitrogens is 1. The first-order chi connectivity index (χ1) is 15.5. The zero-order valence-electron chi connectivity index (χ0n) is 17.6. The van der Waals surface area contributed by atoms with Crippen LogP contribution in [0.5, 0.6) is 0 Å². The van der Waals surface area contributed by atoms with Crippen molar-refractivity contribution in [3.8, 4) is 11.1 Å². The van der Waals surface area contributed by atoms with Crippen LogP contribution in [0.4, 0.5) is 10.2 Å². The van der Waals surface area contributed by atoms with Crippen molar-refractivity contribution in [3.05, 3.63) is 72.0 Å². The summed E-state index contributed by atoms with van der Waals surface area (Å²) in [7, 11) is 0. The lowest BCUT2D eigenvalue weighted by Gasteiger charge is -2.39. The lowest BCUT2D eigenvalue weighted by molar-refractivity contribution is -0.126. The lowest BCUT2D eigenvalue weighted by Crippen LogP contribution is -2.53. The van der Waals surface area contributed by atoms with Crippen LogP contribution < -0.4 is 4.90 Å². The maximum atomic E-state index is 15.4. The SMILES string of the molecule is C=CC(=O)N1CCN(c2n[nH]c3cc(-c4cccc5cccc(Cl)c45)c(F)cc23)[C@@H](C)C1. The molecule has 1 aliphatic heterocycles. The Bertz CT molecular complexity index is 1360. The van der Waals surface area contributed by atoms with E-state index in [4.69, 9.17) is 11.6 Å². The van der Waals surface area contributed by atoms with Gasteiger partial charge in [0.2, 0.25) is 5.91 Å². The quantitative estimate of drug-likeness (QED) is 0.427. The first kappa shape index (κ1) is 20.5. The second kappa shape index (κ2) is 7.95. The van der Waals surface area contributed by atoms with Crippen molar-refractivity contribution >= 4 is 45.0 Å². The van der Waals surface area contributed by atoms with Crippen molar-refractivity contribution in [2.45, 2.75) is 13.0 Å². The van der Waals surface area contributed by atoms with Crippen molar-refractivity contribution in [1.29, 1.82) is 0 Å². The van der Waals surface area contributed by atoms with E-state index in [0.29, 0.717) is 41.4 Å².